The molecular weight excluding hydrogens is 372 g/mol. The van der Waals surface area contributed by atoms with E-state index in [4.69, 9.17) is 8.94 Å². The van der Waals surface area contributed by atoms with Gasteiger partial charge in [-0.1, -0.05) is 35.5 Å². The van der Waals surface area contributed by atoms with Gasteiger partial charge in [0, 0.05) is 7.05 Å². The number of pyridine rings is 1. The van der Waals surface area contributed by atoms with Crippen LogP contribution < -0.4 is 10.6 Å². The minimum Gasteiger partial charge on any atom is -0.463 e. The molecule has 0 saturated heterocycles. The highest BCUT2D eigenvalue weighted by Gasteiger charge is 2.26. The van der Waals surface area contributed by atoms with Gasteiger partial charge in [-0.05, 0) is 30.7 Å². The van der Waals surface area contributed by atoms with Crippen molar-refractivity contribution in [1.29, 1.82) is 0 Å². The maximum Gasteiger partial charge on any atom is 0.259 e. The van der Waals surface area contributed by atoms with E-state index in [1.807, 2.05) is 6.07 Å². The van der Waals surface area contributed by atoms with Crippen molar-refractivity contribution >= 4 is 22.9 Å². The Labute approximate surface area is 165 Å². The van der Waals surface area contributed by atoms with Crippen molar-refractivity contribution in [1.82, 2.24) is 20.8 Å². The fraction of sp³-hybridized carbons (Fsp3) is 0.143. The number of hydrogen-bond donors (Lipinski definition) is 2. The molecule has 3 heterocycles. The Morgan fingerprint density at radius 2 is 1.90 bits per heavy atom. The first-order valence-electron chi connectivity index (χ1n) is 8.96. The highest BCUT2D eigenvalue weighted by Crippen LogP contribution is 2.28. The summed E-state index contributed by atoms with van der Waals surface area (Å²) in [4.78, 5) is 30.0. The van der Waals surface area contributed by atoms with E-state index >= 15 is 0 Å². The molecule has 1 atom stereocenters. The Kier molecular flexibility index (Phi) is 4.82. The fourth-order valence-electron chi connectivity index (χ4n) is 3.12. The van der Waals surface area contributed by atoms with E-state index in [9.17, 15) is 9.59 Å². The van der Waals surface area contributed by atoms with Gasteiger partial charge in [0.25, 0.3) is 11.6 Å². The quantitative estimate of drug-likeness (QED) is 0.542. The zero-order valence-electron chi connectivity index (χ0n) is 15.8. The third kappa shape index (κ3) is 3.47. The van der Waals surface area contributed by atoms with Crippen LogP contribution in [0.2, 0.25) is 0 Å². The average molecular weight is 390 g/mol. The zero-order chi connectivity index (χ0) is 20.4. The summed E-state index contributed by atoms with van der Waals surface area (Å²) >= 11 is 0. The number of nitrogens with zero attached hydrogens (tertiary/aromatic N) is 2. The second-order valence-electron chi connectivity index (χ2n) is 6.41. The first-order chi connectivity index (χ1) is 14.1. The van der Waals surface area contributed by atoms with Crippen molar-refractivity contribution in [2.24, 2.45) is 0 Å². The van der Waals surface area contributed by atoms with E-state index in [0.717, 1.165) is 0 Å². The third-order valence-electron chi connectivity index (χ3n) is 4.55. The first-order valence-corrected chi connectivity index (χ1v) is 8.96. The maximum atomic E-state index is 13.2. The maximum absolute atomic E-state index is 13.2. The highest BCUT2D eigenvalue weighted by atomic mass is 16.5. The first kappa shape index (κ1) is 18.4. The molecule has 0 fully saturated rings. The van der Waals surface area contributed by atoms with Crippen LogP contribution in [0.1, 0.15) is 27.7 Å². The van der Waals surface area contributed by atoms with Crippen LogP contribution in [0, 0.1) is 6.92 Å². The largest absolute Gasteiger partial charge is 0.463 e. The Morgan fingerprint density at radius 3 is 2.59 bits per heavy atom. The van der Waals surface area contributed by atoms with Crippen molar-refractivity contribution in [3.63, 3.8) is 0 Å². The van der Waals surface area contributed by atoms with Gasteiger partial charge in [-0.2, -0.15) is 0 Å². The number of aromatic nitrogens is 2. The molecule has 4 rings (SSSR count). The molecule has 3 aromatic heterocycles. The number of amides is 2. The van der Waals surface area contributed by atoms with E-state index < -0.39 is 11.9 Å². The van der Waals surface area contributed by atoms with Gasteiger partial charge in [-0.25, -0.2) is 4.98 Å². The van der Waals surface area contributed by atoms with E-state index in [1.54, 1.807) is 49.4 Å². The average Bonchev–Trinajstić information content (AvgIpc) is 3.42. The van der Waals surface area contributed by atoms with E-state index in [1.165, 1.54) is 13.3 Å². The second kappa shape index (κ2) is 7.59. The molecular formula is C21H18N4O4. The summed E-state index contributed by atoms with van der Waals surface area (Å²) in [6.45, 7) is 1.73. The van der Waals surface area contributed by atoms with Crippen molar-refractivity contribution in [2.75, 3.05) is 7.05 Å². The Hall–Kier alpha value is -3.94. The van der Waals surface area contributed by atoms with Crippen LogP contribution in [-0.4, -0.2) is 29.0 Å². The summed E-state index contributed by atoms with van der Waals surface area (Å²) in [6, 6.07) is 13.2. The molecule has 146 valence electrons. The van der Waals surface area contributed by atoms with Gasteiger partial charge in [0.15, 0.2) is 5.76 Å². The summed E-state index contributed by atoms with van der Waals surface area (Å²) in [5.41, 5.74) is 2.14. The van der Waals surface area contributed by atoms with Crippen LogP contribution in [0.5, 0.6) is 0 Å². The summed E-state index contributed by atoms with van der Waals surface area (Å²) in [7, 11) is 1.52. The molecule has 8 nitrogen and oxygen atoms in total. The third-order valence-corrected chi connectivity index (χ3v) is 4.55. The predicted molar refractivity (Wildman–Crippen MR) is 105 cm³/mol. The van der Waals surface area contributed by atoms with Crippen molar-refractivity contribution in [3.8, 4) is 11.5 Å². The molecule has 4 aromatic rings. The smallest absolute Gasteiger partial charge is 0.259 e. The van der Waals surface area contributed by atoms with Gasteiger partial charge in [0.05, 0.1) is 22.9 Å². The van der Waals surface area contributed by atoms with Crippen LogP contribution >= 0.6 is 0 Å². The minimum absolute atomic E-state index is 0.220. The Morgan fingerprint density at radius 1 is 1.10 bits per heavy atom. The lowest BCUT2D eigenvalue weighted by atomic mass is 10.0. The topological polar surface area (TPSA) is 110 Å². The molecule has 29 heavy (non-hydrogen) atoms. The standard InChI is InChI=1S/C21H18N4O4/c1-12-17-14(11-15(16-9-6-10-28-16)23-21(17)29-25-12)19(26)24-18(20(27)22-2)13-7-4-3-5-8-13/h3-11,18H,1-2H3,(H,22,27)(H,24,26). The summed E-state index contributed by atoms with van der Waals surface area (Å²) in [6.07, 6.45) is 1.52. The van der Waals surface area contributed by atoms with E-state index in [0.29, 0.717) is 33.7 Å². The minimum atomic E-state index is -0.857. The SMILES string of the molecule is CNC(=O)C(NC(=O)c1cc(-c2ccco2)nc2onc(C)c12)c1ccccc1. The van der Waals surface area contributed by atoms with Crippen LogP contribution in [0.15, 0.2) is 63.7 Å². The highest BCUT2D eigenvalue weighted by molar-refractivity contribution is 6.08. The molecule has 2 N–H and O–H groups in total. The fourth-order valence-corrected chi connectivity index (χ4v) is 3.12. The lowest BCUT2D eigenvalue weighted by Crippen LogP contribution is -2.39. The number of carbonyl (C=O) groups is 2. The van der Waals surface area contributed by atoms with Crippen molar-refractivity contribution < 1.29 is 18.5 Å². The van der Waals surface area contributed by atoms with Crippen LogP contribution in [0.3, 0.4) is 0 Å². The molecule has 0 saturated carbocycles. The van der Waals surface area contributed by atoms with Gasteiger partial charge in [-0.3, -0.25) is 9.59 Å². The number of nitrogens with one attached hydrogen (secondary N) is 2. The van der Waals surface area contributed by atoms with Gasteiger partial charge in [-0.15, -0.1) is 0 Å². The number of carbonyl (C=O) groups excluding carboxylic acids is 2. The molecule has 0 aliphatic carbocycles. The summed E-state index contributed by atoms with van der Waals surface area (Å²) in [5.74, 6) is -0.293. The number of hydrogen-bond acceptors (Lipinski definition) is 6. The Balaban J connectivity index is 1.77. The van der Waals surface area contributed by atoms with Crippen LogP contribution in [0.25, 0.3) is 22.6 Å². The van der Waals surface area contributed by atoms with Gasteiger partial charge < -0.3 is 19.6 Å². The number of likely N-dealkylation sites (N-methyl/N-ethyl adjacent to an activating group) is 1. The lowest BCUT2D eigenvalue weighted by Gasteiger charge is -2.18. The molecule has 1 aromatic carbocycles. The zero-order valence-corrected chi connectivity index (χ0v) is 15.8. The molecule has 2 amide bonds. The van der Waals surface area contributed by atoms with Gasteiger partial charge >= 0.3 is 0 Å². The molecule has 8 heteroatoms. The van der Waals surface area contributed by atoms with Crippen molar-refractivity contribution in [3.05, 3.63) is 71.6 Å². The number of rotatable bonds is 5. The normalized spacial score (nSPS) is 11.9. The molecule has 0 radical (unpaired) electrons. The van der Waals surface area contributed by atoms with Gasteiger partial charge in [0.1, 0.15) is 11.7 Å². The number of fused-ring (bicyclic) bond motifs is 1. The predicted octanol–water partition coefficient (Wildman–Crippen LogP) is 3.01. The van der Waals surface area contributed by atoms with Crippen LogP contribution in [-0.2, 0) is 4.79 Å². The molecule has 0 bridgehead atoms. The number of benzene rings is 1. The van der Waals surface area contributed by atoms with Gasteiger partial charge in [0.2, 0.25) is 5.91 Å². The molecule has 1 unspecified atom stereocenters. The van der Waals surface area contributed by atoms with Crippen LogP contribution in [0.4, 0.5) is 0 Å². The molecule has 0 spiro atoms. The number of aryl methyl sites for hydroxylation is 1. The van der Waals surface area contributed by atoms with E-state index in [2.05, 4.69) is 20.8 Å². The number of furan rings is 1. The summed E-state index contributed by atoms with van der Waals surface area (Å²) < 4.78 is 10.7. The molecule has 0 aliphatic rings. The Bertz CT molecular complexity index is 1170. The van der Waals surface area contributed by atoms with Crippen molar-refractivity contribution in [2.45, 2.75) is 13.0 Å². The van der Waals surface area contributed by atoms with E-state index in [-0.39, 0.29) is 11.6 Å². The second-order valence-corrected chi connectivity index (χ2v) is 6.41. The summed E-state index contributed by atoms with van der Waals surface area (Å²) in [5, 5.41) is 9.80. The lowest BCUT2D eigenvalue weighted by molar-refractivity contribution is -0.122. The molecule has 0 aliphatic heterocycles. The monoisotopic (exact) mass is 390 g/mol.